The molecule has 0 fully saturated rings. The van der Waals surface area contributed by atoms with Crippen molar-refractivity contribution in [2.75, 3.05) is 19.3 Å². The molecule has 0 saturated carbocycles. The van der Waals surface area contributed by atoms with Crippen molar-refractivity contribution in [1.82, 2.24) is 4.90 Å². The second-order valence-electron chi connectivity index (χ2n) is 3.88. The standard InChI is InChI=1S/C13H14N2OS/c1-3-6-15(2)13(16)12-8-9-7-10(14)4-5-11(9)17-12/h3-5,7-8H,1,6,14H2,2H3. The van der Waals surface area contributed by atoms with Crippen LogP contribution in [0.3, 0.4) is 0 Å². The predicted molar refractivity (Wildman–Crippen MR) is 73.4 cm³/mol. The smallest absolute Gasteiger partial charge is 0.263 e. The van der Waals surface area contributed by atoms with E-state index in [-0.39, 0.29) is 5.91 Å². The zero-order valence-electron chi connectivity index (χ0n) is 9.64. The van der Waals surface area contributed by atoms with Crippen molar-refractivity contribution in [1.29, 1.82) is 0 Å². The van der Waals surface area contributed by atoms with Crippen LogP contribution in [0.4, 0.5) is 5.69 Å². The van der Waals surface area contributed by atoms with Gasteiger partial charge in [-0.05, 0) is 29.7 Å². The Bertz CT molecular complexity index is 574. The van der Waals surface area contributed by atoms with E-state index in [1.165, 1.54) is 11.3 Å². The van der Waals surface area contributed by atoms with Crippen molar-refractivity contribution in [3.63, 3.8) is 0 Å². The summed E-state index contributed by atoms with van der Waals surface area (Å²) < 4.78 is 1.08. The van der Waals surface area contributed by atoms with Crippen LogP contribution in [-0.4, -0.2) is 24.4 Å². The quantitative estimate of drug-likeness (QED) is 0.668. The first-order valence-corrected chi connectivity index (χ1v) is 6.09. The first-order chi connectivity index (χ1) is 8.11. The second kappa shape index (κ2) is 4.59. The summed E-state index contributed by atoms with van der Waals surface area (Å²) in [5, 5.41) is 1.02. The summed E-state index contributed by atoms with van der Waals surface area (Å²) in [4.78, 5) is 14.4. The summed E-state index contributed by atoms with van der Waals surface area (Å²) >= 11 is 1.49. The van der Waals surface area contributed by atoms with Crippen LogP contribution in [-0.2, 0) is 0 Å². The number of likely N-dealkylation sites (N-methyl/N-ethyl adjacent to an activating group) is 1. The van der Waals surface area contributed by atoms with Crippen LogP contribution < -0.4 is 5.73 Å². The van der Waals surface area contributed by atoms with Crippen LogP contribution in [0.25, 0.3) is 10.1 Å². The van der Waals surface area contributed by atoms with Gasteiger partial charge in [-0.15, -0.1) is 17.9 Å². The van der Waals surface area contributed by atoms with E-state index in [4.69, 9.17) is 5.73 Å². The van der Waals surface area contributed by atoms with Gasteiger partial charge in [0.15, 0.2) is 0 Å². The largest absolute Gasteiger partial charge is 0.399 e. The highest BCUT2D eigenvalue weighted by Crippen LogP contribution is 2.27. The number of benzene rings is 1. The molecule has 0 atom stereocenters. The number of thiophene rings is 1. The van der Waals surface area contributed by atoms with E-state index in [1.807, 2.05) is 24.3 Å². The molecule has 1 heterocycles. The fourth-order valence-corrected chi connectivity index (χ4v) is 2.67. The molecule has 1 aromatic heterocycles. The SMILES string of the molecule is C=CCN(C)C(=O)c1cc2cc(N)ccc2s1. The zero-order chi connectivity index (χ0) is 12.4. The number of rotatable bonds is 3. The molecular formula is C13H14N2OS. The minimum absolute atomic E-state index is 0.0182. The van der Waals surface area contributed by atoms with E-state index in [9.17, 15) is 4.79 Å². The summed E-state index contributed by atoms with van der Waals surface area (Å²) in [5.74, 6) is 0.0182. The van der Waals surface area contributed by atoms with Crippen molar-refractivity contribution in [2.24, 2.45) is 0 Å². The Labute approximate surface area is 104 Å². The van der Waals surface area contributed by atoms with Crippen LogP contribution in [0.2, 0.25) is 0 Å². The molecule has 2 aromatic rings. The van der Waals surface area contributed by atoms with Crippen molar-refractivity contribution in [2.45, 2.75) is 0 Å². The molecule has 4 heteroatoms. The zero-order valence-corrected chi connectivity index (χ0v) is 10.5. The van der Waals surface area contributed by atoms with Gasteiger partial charge in [-0.1, -0.05) is 6.08 Å². The number of carbonyl (C=O) groups is 1. The number of nitrogens with two attached hydrogens (primary N) is 1. The third-order valence-corrected chi connectivity index (χ3v) is 3.60. The van der Waals surface area contributed by atoms with Crippen molar-refractivity contribution in [3.05, 3.63) is 41.8 Å². The van der Waals surface area contributed by atoms with Crippen molar-refractivity contribution < 1.29 is 4.79 Å². The average molecular weight is 246 g/mol. The van der Waals surface area contributed by atoms with Crippen LogP contribution in [0.5, 0.6) is 0 Å². The van der Waals surface area contributed by atoms with Gasteiger partial charge in [-0.3, -0.25) is 4.79 Å². The molecule has 0 aliphatic rings. The molecule has 0 saturated heterocycles. The summed E-state index contributed by atoms with van der Waals surface area (Å²) in [6.07, 6.45) is 1.71. The fraction of sp³-hybridized carbons (Fsp3) is 0.154. The first kappa shape index (κ1) is 11.7. The topological polar surface area (TPSA) is 46.3 Å². The molecule has 0 bridgehead atoms. The van der Waals surface area contributed by atoms with Gasteiger partial charge in [-0.2, -0.15) is 0 Å². The van der Waals surface area contributed by atoms with Crippen molar-refractivity contribution >= 4 is 33.0 Å². The number of anilines is 1. The number of nitrogens with zero attached hydrogens (tertiary/aromatic N) is 1. The molecule has 0 aliphatic heterocycles. The Morgan fingerprint density at radius 3 is 3.00 bits per heavy atom. The molecule has 0 aliphatic carbocycles. The molecule has 0 radical (unpaired) electrons. The molecule has 2 N–H and O–H groups in total. The summed E-state index contributed by atoms with van der Waals surface area (Å²) in [6, 6.07) is 7.56. The van der Waals surface area contributed by atoms with Gasteiger partial charge in [0, 0.05) is 24.0 Å². The normalized spacial score (nSPS) is 10.4. The molecule has 1 amide bonds. The number of hydrogen-bond acceptors (Lipinski definition) is 3. The number of nitrogen functional groups attached to an aromatic ring is 1. The van der Waals surface area contributed by atoms with Crippen molar-refractivity contribution in [3.8, 4) is 0 Å². The molecule has 0 unspecified atom stereocenters. The van der Waals surface area contributed by atoms with Gasteiger partial charge in [-0.25, -0.2) is 0 Å². The molecule has 3 nitrogen and oxygen atoms in total. The minimum Gasteiger partial charge on any atom is -0.399 e. The molecular weight excluding hydrogens is 232 g/mol. The lowest BCUT2D eigenvalue weighted by Crippen LogP contribution is -2.25. The minimum atomic E-state index is 0.0182. The lowest BCUT2D eigenvalue weighted by atomic mass is 10.2. The summed E-state index contributed by atoms with van der Waals surface area (Å²) in [6.45, 7) is 4.17. The van der Waals surface area contributed by atoms with E-state index >= 15 is 0 Å². The third-order valence-electron chi connectivity index (χ3n) is 2.50. The molecule has 17 heavy (non-hydrogen) atoms. The maximum atomic E-state index is 12.0. The number of amides is 1. The monoisotopic (exact) mass is 246 g/mol. The Morgan fingerprint density at radius 1 is 1.53 bits per heavy atom. The van der Waals surface area contributed by atoms with E-state index in [0.717, 1.165) is 15.0 Å². The first-order valence-electron chi connectivity index (χ1n) is 5.27. The highest BCUT2D eigenvalue weighted by Gasteiger charge is 2.13. The average Bonchev–Trinajstić information content (AvgIpc) is 2.71. The van der Waals surface area contributed by atoms with Crippen LogP contribution in [0, 0.1) is 0 Å². The summed E-state index contributed by atoms with van der Waals surface area (Å²) in [7, 11) is 1.77. The van der Waals surface area contributed by atoms with Gasteiger partial charge in [0.1, 0.15) is 0 Å². The predicted octanol–water partition coefficient (Wildman–Crippen LogP) is 2.74. The van der Waals surface area contributed by atoms with Gasteiger partial charge >= 0.3 is 0 Å². The van der Waals surface area contributed by atoms with Gasteiger partial charge in [0.05, 0.1) is 4.88 Å². The number of carbonyl (C=O) groups excluding carboxylic acids is 1. The molecule has 2 rings (SSSR count). The lowest BCUT2D eigenvalue weighted by Gasteiger charge is -2.12. The summed E-state index contributed by atoms with van der Waals surface area (Å²) in [5.41, 5.74) is 6.43. The number of hydrogen-bond donors (Lipinski definition) is 1. The highest BCUT2D eigenvalue weighted by atomic mass is 32.1. The van der Waals surface area contributed by atoms with Crippen LogP contribution >= 0.6 is 11.3 Å². The lowest BCUT2D eigenvalue weighted by molar-refractivity contribution is 0.0815. The highest BCUT2D eigenvalue weighted by molar-refractivity contribution is 7.20. The molecule has 88 valence electrons. The molecule has 0 spiro atoms. The second-order valence-corrected chi connectivity index (χ2v) is 4.97. The van der Waals surface area contributed by atoms with Crippen LogP contribution in [0.15, 0.2) is 36.9 Å². The maximum Gasteiger partial charge on any atom is 0.263 e. The van der Waals surface area contributed by atoms with E-state index < -0.39 is 0 Å². The molecule has 1 aromatic carbocycles. The Kier molecular flexibility index (Phi) is 3.15. The van der Waals surface area contributed by atoms with E-state index in [0.29, 0.717) is 12.2 Å². The Morgan fingerprint density at radius 2 is 2.29 bits per heavy atom. The maximum absolute atomic E-state index is 12.0. The Balaban J connectivity index is 2.36. The van der Waals surface area contributed by atoms with Gasteiger partial charge in [0.25, 0.3) is 5.91 Å². The number of fused-ring (bicyclic) bond motifs is 1. The van der Waals surface area contributed by atoms with E-state index in [1.54, 1.807) is 18.0 Å². The fourth-order valence-electron chi connectivity index (χ4n) is 1.63. The third kappa shape index (κ3) is 2.31. The van der Waals surface area contributed by atoms with E-state index in [2.05, 4.69) is 6.58 Å². The van der Waals surface area contributed by atoms with Gasteiger partial charge < -0.3 is 10.6 Å². The van der Waals surface area contributed by atoms with Crippen LogP contribution in [0.1, 0.15) is 9.67 Å². The Hall–Kier alpha value is -1.81. The van der Waals surface area contributed by atoms with Gasteiger partial charge in [0.2, 0.25) is 0 Å².